The zero-order chi connectivity index (χ0) is 29.1. The first-order valence-electron chi connectivity index (χ1n) is 14.3. The molecule has 1 atom stereocenters. The van der Waals surface area contributed by atoms with Gasteiger partial charge in [-0.05, 0) is 89.6 Å². The number of para-hydroxylation sites is 1. The standard InChI is InChI=1S/C34H44N2O4/c1-9-38-32(37)31(40-33(4,5)6)29-24(3)35-23(2)28(30(29)36-21-19-34(7,8)20-22-36)25-15-17-27(18-16-25)39-26-13-11-10-12-14-26/h10-18,31H,9,19-22H2,1-8H3/t31-/m0/s1. The minimum absolute atomic E-state index is 0.271. The van der Waals surface area contributed by atoms with Crippen molar-refractivity contribution in [3.63, 3.8) is 0 Å². The molecule has 0 aliphatic carbocycles. The molecule has 6 nitrogen and oxygen atoms in total. The molecule has 0 unspecified atom stereocenters. The van der Waals surface area contributed by atoms with Gasteiger partial charge in [0.05, 0.1) is 17.9 Å². The average Bonchev–Trinajstić information content (AvgIpc) is 2.88. The Kier molecular flexibility index (Phi) is 8.89. The van der Waals surface area contributed by atoms with Gasteiger partial charge in [0.2, 0.25) is 0 Å². The van der Waals surface area contributed by atoms with Crippen LogP contribution in [0.25, 0.3) is 11.1 Å². The van der Waals surface area contributed by atoms with E-state index in [0.29, 0.717) is 0 Å². The number of ether oxygens (including phenoxy) is 3. The number of aryl methyl sites for hydroxylation is 2. The van der Waals surface area contributed by atoms with Crippen molar-refractivity contribution in [1.29, 1.82) is 0 Å². The van der Waals surface area contributed by atoms with Crippen molar-refractivity contribution in [3.8, 4) is 22.6 Å². The summed E-state index contributed by atoms with van der Waals surface area (Å²) in [7, 11) is 0. The number of anilines is 1. The molecular weight excluding hydrogens is 500 g/mol. The van der Waals surface area contributed by atoms with Crippen LogP contribution in [0.1, 0.15) is 77.4 Å². The van der Waals surface area contributed by atoms with Crippen molar-refractivity contribution in [2.75, 3.05) is 24.6 Å². The number of esters is 1. The van der Waals surface area contributed by atoms with Gasteiger partial charge >= 0.3 is 5.97 Å². The number of pyridine rings is 1. The Labute approximate surface area is 239 Å². The van der Waals surface area contributed by atoms with Crippen molar-refractivity contribution in [3.05, 3.63) is 71.5 Å². The lowest BCUT2D eigenvalue weighted by Crippen LogP contribution is -2.39. The Balaban J connectivity index is 1.87. The summed E-state index contributed by atoms with van der Waals surface area (Å²) in [5.74, 6) is 1.16. The van der Waals surface area contributed by atoms with Gasteiger partial charge < -0.3 is 19.1 Å². The maximum absolute atomic E-state index is 13.5. The van der Waals surface area contributed by atoms with Crippen molar-refractivity contribution >= 4 is 11.7 Å². The van der Waals surface area contributed by atoms with Crippen LogP contribution < -0.4 is 9.64 Å². The maximum atomic E-state index is 13.5. The number of rotatable bonds is 8. The predicted molar refractivity (Wildman–Crippen MR) is 161 cm³/mol. The maximum Gasteiger partial charge on any atom is 0.340 e. The fraction of sp³-hybridized carbons (Fsp3) is 0.471. The van der Waals surface area contributed by atoms with E-state index in [1.165, 1.54) is 0 Å². The molecule has 0 spiro atoms. The zero-order valence-electron chi connectivity index (χ0n) is 25.3. The number of nitrogens with zero attached hydrogens (tertiary/aromatic N) is 2. The summed E-state index contributed by atoms with van der Waals surface area (Å²) in [6.45, 7) is 18.4. The van der Waals surface area contributed by atoms with Gasteiger partial charge in [0.25, 0.3) is 0 Å². The monoisotopic (exact) mass is 544 g/mol. The van der Waals surface area contributed by atoms with Crippen LogP contribution in [-0.4, -0.2) is 36.3 Å². The minimum atomic E-state index is -0.891. The molecule has 0 bridgehead atoms. The van der Waals surface area contributed by atoms with Gasteiger partial charge in [-0.3, -0.25) is 4.98 Å². The highest BCUT2D eigenvalue weighted by atomic mass is 16.6. The summed E-state index contributed by atoms with van der Waals surface area (Å²) in [5, 5.41) is 0. The smallest absolute Gasteiger partial charge is 0.340 e. The van der Waals surface area contributed by atoms with Gasteiger partial charge in [0.15, 0.2) is 6.10 Å². The molecule has 1 saturated heterocycles. The number of hydrogen-bond acceptors (Lipinski definition) is 6. The summed E-state index contributed by atoms with van der Waals surface area (Å²) >= 11 is 0. The normalized spacial score (nSPS) is 15.9. The molecule has 6 heteroatoms. The van der Waals surface area contributed by atoms with Gasteiger partial charge in [-0.25, -0.2) is 4.79 Å². The van der Waals surface area contributed by atoms with Crippen LogP contribution in [0.5, 0.6) is 11.5 Å². The van der Waals surface area contributed by atoms with Crippen LogP contribution in [0.4, 0.5) is 5.69 Å². The average molecular weight is 545 g/mol. The van der Waals surface area contributed by atoms with Crippen molar-refractivity contribution < 1.29 is 19.0 Å². The van der Waals surface area contributed by atoms with Crippen molar-refractivity contribution in [2.24, 2.45) is 5.41 Å². The van der Waals surface area contributed by atoms with E-state index in [2.05, 4.69) is 30.9 Å². The highest BCUT2D eigenvalue weighted by molar-refractivity contribution is 5.88. The topological polar surface area (TPSA) is 60.9 Å². The third kappa shape index (κ3) is 7.03. The summed E-state index contributed by atoms with van der Waals surface area (Å²) in [5.41, 5.74) is 5.24. The van der Waals surface area contributed by atoms with Gasteiger partial charge in [0.1, 0.15) is 11.5 Å². The molecule has 1 aromatic heterocycles. The SMILES string of the molecule is CCOC(=O)[C@@H](OC(C)(C)C)c1c(C)nc(C)c(-c2ccc(Oc3ccccc3)cc2)c1N1CCC(C)(C)CC1. The van der Waals surface area contributed by atoms with Crippen molar-refractivity contribution in [2.45, 2.75) is 79.9 Å². The zero-order valence-corrected chi connectivity index (χ0v) is 25.3. The lowest BCUT2D eigenvalue weighted by atomic mass is 9.82. The van der Waals surface area contributed by atoms with Gasteiger partial charge in [-0.1, -0.05) is 44.2 Å². The number of carbonyl (C=O) groups excluding carboxylic acids is 1. The van der Waals surface area contributed by atoms with Crippen LogP contribution in [0.15, 0.2) is 54.6 Å². The van der Waals surface area contributed by atoms with Crippen LogP contribution in [0.3, 0.4) is 0 Å². The van der Waals surface area contributed by atoms with Gasteiger partial charge in [-0.2, -0.15) is 0 Å². The number of benzene rings is 2. The molecule has 1 fully saturated rings. The van der Waals surface area contributed by atoms with E-state index in [-0.39, 0.29) is 18.0 Å². The first-order valence-corrected chi connectivity index (χ1v) is 14.3. The number of piperidine rings is 1. The molecule has 3 aromatic rings. The summed E-state index contributed by atoms with van der Waals surface area (Å²) in [4.78, 5) is 20.8. The van der Waals surface area contributed by atoms with E-state index < -0.39 is 11.7 Å². The molecule has 0 saturated carbocycles. The molecule has 1 aliphatic heterocycles. The summed E-state index contributed by atoms with van der Waals surface area (Å²) in [6, 6.07) is 17.9. The largest absolute Gasteiger partial charge is 0.464 e. The second kappa shape index (κ2) is 12.0. The lowest BCUT2D eigenvalue weighted by molar-refractivity contribution is -0.166. The highest BCUT2D eigenvalue weighted by Crippen LogP contribution is 2.45. The van der Waals surface area contributed by atoms with E-state index in [1.54, 1.807) is 0 Å². The number of hydrogen-bond donors (Lipinski definition) is 0. The first kappa shape index (κ1) is 29.6. The Hall–Kier alpha value is -3.38. The molecule has 0 amide bonds. The summed E-state index contributed by atoms with van der Waals surface area (Å²) < 4.78 is 18.1. The molecule has 214 valence electrons. The molecule has 2 aromatic carbocycles. The van der Waals surface area contributed by atoms with E-state index >= 15 is 0 Å². The van der Waals surface area contributed by atoms with E-state index in [9.17, 15) is 4.79 Å². The first-order chi connectivity index (χ1) is 18.9. The predicted octanol–water partition coefficient (Wildman–Crippen LogP) is 8.20. The van der Waals surface area contributed by atoms with Crippen LogP contribution in [0.2, 0.25) is 0 Å². The van der Waals surface area contributed by atoms with Crippen molar-refractivity contribution in [1.82, 2.24) is 4.98 Å². The van der Waals surface area contributed by atoms with Gasteiger partial charge in [-0.15, -0.1) is 0 Å². The Morgan fingerprint density at radius 1 is 0.950 bits per heavy atom. The third-order valence-electron chi connectivity index (χ3n) is 7.37. The molecule has 4 rings (SSSR count). The number of carbonyl (C=O) groups is 1. The Morgan fingerprint density at radius 2 is 1.55 bits per heavy atom. The second-order valence-corrected chi connectivity index (χ2v) is 12.4. The fourth-order valence-electron chi connectivity index (χ4n) is 5.28. The van der Waals surface area contributed by atoms with Crippen LogP contribution in [-0.2, 0) is 14.3 Å². The molecule has 0 N–H and O–H groups in total. The third-order valence-corrected chi connectivity index (χ3v) is 7.37. The second-order valence-electron chi connectivity index (χ2n) is 12.4. The highest BCUT2D eigenvalue weighted by Gasteiger charge is 2.37. The number of aromatic nitrogens is 1. The molecule has 2 heterocycles. The summed E-state index contributed by atoms with van der Waals surface area (Å²) in [6.07, 6.45) is 1.22. The van der Waals surface area contributed by atoms with Crippen LogP contribution in [0, 0.1) is 19.3 Å². The molecular formula is C34H44N2O4. The van der Waals surface area contributed by atoms with E-state index in [1.807, 2.05) is 84.0 Å². The Morgan fingerprint density at radius 3 is 2.12 bits per heavy atom. The van der Waals surface area contributed by atoms with E-state index in [4.69, 9.17) is 19.2 Å². The lowest BCUT2D eigenvalue weighted by Gasteiger charge is -2.41. The molecule has 40 heavy (non-hydrogen) atoms. The molecule has 0 radical (unpaired) electrons. The minimum Gasteiger partial charge on any atom is -0.464 e. The van der Waals surface area contributed by atoms with Crippen LogP contribution >= 0.6 is 0 Å². The molecule has 1 aliphatic rings. The Bertz CT molecular complexity index is 1300. The fourth-order valence-corrected chi connectivity index (χ4v) is 5.28. The quantitative estimate of drug-likeness (QED) is 0.266. The van der Waals surface area contributed by atoms with Gasteiger partial charge in [0, 0.05) is 35.6 Å². The van der Waals surface area contributed by atoms with E-state index in [0.717, 1.165) is 71.2 Å².